The Labute approximate surface area is 99.8 Å². The van der Waals surface area contributed by atoms with Gasteiger partial charge in [-0.2, -0.15) is 0 Å². The van der Waals surface area contributed by atoms with E-state index in [0.29, 0.717) is 0 Å². The van der Waals surface area contributed by atoms with Crippen molar-refractivity contribution in [3.05, 3.63) is 30.0 Å². The van der Waals surface area contributed by atoms with Crippen molar-refractivity contribution in [1.82, 2.24) is 5.16 Å². The Morgan fingerprint density at radius 1 is 1.20 bits per heavy atom. The number of hydrogen-bond donors (Lipinski definition) is 0. The molecule has 2 rings (SSSR count). The fraction of sp³-hybridized carbons (Fsp3) is 0.417. The third kappa shape index (κ3) is 3.67. The zero-order valence-corrected chi connectivity index (χ0v) is 11.3. The van der Waals surface area contributed by atoms with Crippen molar-refractivity contribution in [2.45, 2.75) is 27.2 Å². The fourth-order valence-corrected chi connectivity index (χ4v) is 1.19. The molecule has 0 saturated carbocycles. The van der Waals surface area contributed by atoms with Gasteiger partial charge in [0.25, 0.3) is 0 Å². The van der Waals surface area contributed by atoms with Gasteiger partial charge in [0.05, 0.1) is 5.69 Å². The molecule has 0 unspecified atom stereocenters. The molecule has 3 heteroatoms. The van der Waals surface area contributed by atoms with Crippen molar-refractivity contribution in [1.29, 1.82) is 0 Å². The summed E-state index contributed by atoms with van der Waals surface area (Å²) in [4.78, 5) is 0. The largest absolute Gasteiger partial charge is 0.356 e. The molecule has 1 aromatic heterocycles. The number of benzene rings is 1. The van der Waals surface area contributed by atoms with Crippen LogP contribution in [-0.4, -0.2) is 11.0 Å². The van der Waals surface area contributed by atoms with Gasteiger partial charge in [0.1, 0.15) is 0 Å². The van der Waals surface area contributed by atoms with E-state index < -0.39 is 0 Å². The van der Waals surface area contributed by atoms with Gasteiger partial charge in [0.2, 0.25) is 0 Å². The van der Waals surface area contributed by atoms with Crippen LogP contribution in [0.25, 0.3) is 11.0 Å². The average Bonchev–Trinajstić information content (AvgIpc) is 2.77. The van der Waals surface area contributed by atoms with Gasteiger partial charge in [-0.05, 0) is 24.4 Å². The molecule has 0 radical (unpaired) electrons. The predicted molar refractivity (Wildman–Crippen MR) is 69.6 cm³/mol. The van der Waals surface area contributed by atoms with E-state index in [1.165, 1.54) is 0 Å². The van der Waals surface area contributed by atoms with E-state index >= 15 is 0 Å². The summed E-state index contributed by atoms with van der Waals surface area (Å²) in [6, 6.07) is 7.91. The van der Waals surface area contributed by atoms with E-state index in [1.54, 1.807) is 0 Å². The van der Waals surface area contributed by atoms with Crippen LogP contribution in [0.2, 0.25) is 0 Å². The monoisotopic (exact) mass is 271 g/mol. The van der Waals surface area contributed by atoms with Crippen LogP contribution in [0, 0.1) is 0 Å². The van der Waals surface area contributed by atoms with E-state index in [0.717, 1.165) is 23.1 Å². The van der Waals surface area contributed by atoms with Crippen LogP contribution in [-0.2, 0) is 6.42 Å². The first kappa shape index (κ1) is 14.2. The van der Waals surface area contributed by atoms with Gasteiger partial charge < -0.3 is 4.52 Å². The Bertz CT molecular complexity index is 370. The molecular formula is C12H18BrNO. The van der Waals surface area contributed by atoms with Gasteiger partial charge >= 0.3 is 0 Å². The molecule has 0 aliphatic rings. The van der Waals surface area contributed by atoms with E-state index in [2.05, 4.69) is 28.0 Å². The van der Waals surface area contributed by atoms with Gasteiger partial charge in [-0.25, -0.2) is 0 Å². The van der Waals surface area contributed by atoms with Crippen LogP contribution in [0.1, 0.15) is 26.5 Å². The lowest BCUT2D eigenvalue weighted by Gasteiger charge is -1.85. The van der Waals surface area contributed by atoms with Crippen LogP contribution in [0.3, 0.4) is 0 Å². The van der Waals surface area contributed by atoms with Gasteiger partial charge in [0, 0.05) is 5.39 Å². The van der Waals surface area contributed by atoms with E-state index in [-0.39, 0.29) is 0 Å². The Kier molecular flexibility index (Phi) is 8.01. The van der Waals surface area contributed by atoms with E-state index in [4.69, 9.17) is 4.52 Å². The molecule has 1 aromatic carbocycles. The second kappa shape index (κ2) is 8.48. The first-order chi connectivity index (χ1) is 7.42. The summed E-state index contributed by atoms with van der Waals surface area (Å²) in [6.07, 6.45) is 0.928. The summed E-state index contributed by atoms with van der Waals surface area (Å²) >= 11 is 2.94. The van der Waals surface area contributed by atoms with Gasteiger partial charge in [-0.1, -0.05) is 54.0 Å². The lowest BCUT2D eigenvalue weighted by molar-refractivity contribution is 0.447. The molecule has 0 saturated heterocycles. The third-order valence-corrected chi connectivity index (χ3v) is 1.79. The quantitative estimate of drug-likeness (QED) is 0.718. The summed E-state index contributed by atoms with van der Waals surface area (Å²) in [6.45, 7) is 6.07. The van der Waals surface area contributed by atoms with Gasteiger partial charge in [-0.15, -0.1) is 0 Å². The number of nitrogens with zero attached hydrogens (tertiary/aromatic N) is 1. The highest BCUT2D eigenvalue weighted by Gasteiger charge is 2.02. The van der Waals surface area contributed by atoms with E-state index in [9.17, 15) is 0 Å². The molecule has 15 heavy (non-hydrogen) atoms. The van der Waals surface area contributed by atoms with Crippen molar-refractivity contribution in [2.24, 2.45) is 0 Å². The molecule has 2 nitrogen and oxygen atoms in total. The van der Waals surface area contributed by atoms with Crippen LogP contribution in [0.5, 0.6) is 0 Å². The Morgan fingerprint density at radius 2 is 1.80 bits per heavy atom. The zero-order valence-electron chi connectivity index (χ0n) is 9.75. The van der Waals surface area contributed by atoms with Gasteiger partial charge in [0.15, 0.2) is 5.58 Å². The molecule has 0 N–H and O–H groups in total. The SMILES string of the molecule is CBr.CC.CCc1noc2ccccc12. The molecule has 0 fully saturated rings. The maximum absolute atomic E-state index is 5.09. The number of alkyl halides is 1. The molecular weight excluding hydrogens is 254 g/mol. The molecule has 0 aliphatic heterocycles. The number of para-hydroxylation sites is 1. The van der Waals surface area contributed by atoms with Crippen LogP contribution < -0.4 is 0 Å². The molecule has 0 aliphatic carbocycles. The fourth-order valence-electron chi connectivity index (χ4n) is 1.19. The normalized spacial score (nSPS) is 8.60. The molecule has 0 bridgehead atoms. The minimum Gasteiger partial charge on any atom is -0.356 e. The molecule has 0 spiro atoms. The lowest BCUT2D eigenvalue weighted by atomic mass is 10.2. The number of rotatable bonds is 1. The topological polar surface area (TPSA) is 26.0 Å². The summed E-state index contributed by atoms with van der Waals surface area (Å²) in [7, 11) is 0. The average molecular weight is 272 g/mol. The molecule has 0 atom stereocenters. The van der Waals surface area contributed by atoms with Crippen LogP contribution in [0.4, 0.5) is 0 Å². The maximum Gasteiger partial charge on any atom is 0.167 e. The summed E-state index contributed by atoms with van der Waals surface area (Å²) < 4.78 is 5.09. The Morgan fingerprint density at radius 3 is 2.40 bits per heavy atom. The number of hydrogen-bond acceptors (Lipinski definition) is 2. The maximum atomic E-state index is 5.09. The Hall–Kier alpha value is -0.830. The number of halogens is 1. The highest BCUT2D eigenvalue weighted by molar-refractivity contribution is 9.08. The van der Waals surface area contributed by atoms with Crippen molar-refractivity contribution in [3.63, 3.8) is 0 Å². The Balaban J connectivity index is 0.000000442. The second-order valence-corrected chi connectivity index (χ2v) is 2.48. The first-order valence-electron chi connectivity index (χ1n) is 5.13. The highest BCUT2D eigenvalue weighted by atomic mass is 79.9. The zero-order chi connectivity index (χ0) is 11.7. The van der Waals surface area contributed by atoms with Crippen molar-refractivity contribution < 1.29 is 4.52 Å². The number of aromatic nitrogens is 1. The minimum atomic E-state index is 0.879. The highest BCUT2D eigenvalue weighted by Crippen LogP contribution is 2.17. The van der Waals surface area contributed by atoms with Crippen LogP contribution >= 0.6 is 15.9 Å². The minimum absolute atomic E-state index is 0.879. The number of fused-ring (bicyclic) bond motifs is 1. The van der Waals surface area contributed by atoms with Crippen molar-refractivity contribution >= 4 is 26.9 Å². The van der Waals surface area contributed by atoms with Crippen molar-refractivity contribution in [2.75, 3.05) is 5.83 Å². The summed E-state index contributed by atoms with van der Waals surface area (Å²) in [5, 5.41) is 5.07. The van der Waals surface area contributed by atoms with Crippen LogP contribution in [0.15, 0.2) is 28.8 Å². The molecule has 84 valence electrons. The first-order valence-corrected chi connectivity index (χ1v) is 6.71. The smallest absolute Gasteiger partial charge is 0.167 e. The van der Waals surface area contributed by atoms with E-state index in [1.807, 2.05) is 43.9 Å². The van der Waals surface area contributed by atoms with Crippen molar-refractivity contribution in [3.8, 4) is 0 Å². The standard InChI is InChI=1S/C9H9NO.C2H6.CH3Br/c1-2-8-7-5-3-4-6-9(7)11-10-8;2*1-2/h3-6H,2H2,1H3;1-2H3;1H3. The molecule has 0 amide bonds. The van der Waals surface area contributed by atoms with Gasteiger partial charge in [-0.3, -0.25) is 0 Å². The number of aryl methyl sites for hydroxylation is 1. The summed E-state index contributed by atoms with van der Waals surface area (Å²) in [5.74, 6) is 1.81. The molecule has 2 aromatic rings. The third-order valence-electron chi connectivity index (χ3n) is 1.79. The predicted octanol–water partition coefficient (Wildman–Crippen LogP) is 4.43. The second-order valence-electron chi connectivity index (χ2n) is 2.48. The lowest BCUT2D eigenvalue weighted by Crippen LogP contribution is -1.77. The summed E-state index contributed by atoms with van der Waals surface area (Å²) in [5.41, 5.74) is 1.92. The molecule has 1 heterocycles.